The molecule has 1 fully saturated rings. The molecule has 1 aromatic carbocycles. The lowest BCUT2D eigenvalue weighted by Gasteiger charge is -2.34. The van der Waals surface area contributed by atoms with Gasteiger partial charge >= 0.3 is 6.03 Å². The van der Waals surface area contributed by atoms with Gasteiger partial charge in [-0.3, -0.25) is 10.1 Å². The summed E-state index contributed by atoms with van der Waals surface area (Å²) in [5, 5.41) is 4.69. The number of carbonyl (C=O) groups is 2. The molecule has 114 valence electrons. The Morgan fingerprint density at radius 1 is 1.24 bits per heavy atom. The predicted molar refractivity (Wildman–Crippen MR) is 81.6 cm³/mol. The van der Waals surface area contributed by atoms with E-state index >= 15 is 0 Å². The van der Waals surface area contributed by atoms with Gasteiger partial charge in [-0.15, -0.1) is 0 Å². The van der Waals surface area contributed by atoms with Crippen LogP contribution < -0.4 is 20.4 Å². The number of imide groups is 1. The van der Waals surface area contributed by atoms with Gasteiger partial charge in [0.15, 0.2) is 6.54 Å². The van der Waals surface area contributed by atoms with Crippen molar-refractivity contribution in [2.45, 2.75) is 6.92 Å². The second kappa shape index (κ2) is 7.08. The summed E-state index contributed by atoms with van der Waals surface area (Å²) in [7, 11) is 1.50. The normalized spacial score (nSPS) is 15.6. The molecule has 1 aliphatic heterocycles. The van der Waals surface area contributed by atoms with E-state index in [0.29, 0.717) is 6.54 Å². The first kappa shape index (κ1) is 15.3. The van der Waals surface area contributed by atoms with Crippen LogP contribution in [0.25, 0.3) is 0 Å². The first-order valence-electron chi connectivity index (χ1n) is 7.26. The monoisotopic (exact) mass is 291 g/mol. The van der Waals surface area contributed by atoms with Gasteiger partial charge in [0.25, 0.3) is 5.91 Å². The van der Waals surface area contributed by atoms with Crippen LogP contribution in [0.4, 0.5) is 10.5 Å². The molecule has 0 atom stereocenters. The van der Waals surface area contributed by atoms with Crippen molar-refractivity contribution in [3.63, 3.8) is 0 Å². The van der Waals surface area contributed by atoms with E-state index in [1.54, 1.807) is 0 Å². The van der Waals surface area contributed by atoms with E-state index in [9.17, 15) is 9.59 Å². The van der Waals surface area contributed by atoms with E-state index in [2.05, 4.69) is 40.7 Å². The fraction of sp³-hybridized carbons (Fsp3) is 0.467. The fourth-order valence-electron chi connectivity index (χ4n) is 2.62. The third-order valence-electron chi connectivity index (χ3n) is 3.82. The maximum atomic E-state index is 11.7. The Balaban J connectivity index is 1.82. The second-order valence-electron chi connectivity index (χ2n) is 5.33. The van der Waals surface area contributed by atoms with Crippen LogP contribution in [0.2, 0.25) is 0 Å². The van der Waals surface area contributed by atoms with Gasteiger partial charge < -0.3 is 15.1 Å². The topological polar surface area (TPSA) is 65.9 Å². The number of urea groups is 1. The van der Waals surface area contributed by atoms with Crippen molar-refractivity contribution in [2.75, 3.05) is 44.7 Å². The fourth-order valence-corrected chi connectivity index (χ4v) is 2.62. The average molecular weight is 291 g/mol. The van der Waals surface area contributed by atoms with Gasteiger partial charge in [0.05, 0.1) is 26.2 Å². The van der Waals surface area contributed by atoms with Crippen molar-refractivity contribution in [3.05, 3.63) is 29.8 Å². The van der Waals surface area contributed by atoms with Crippen LogP contribution in [-0.2, 0) is 4.79 Å². The minimum absolute atomic E-state index is 0.228. The number of para-hydroxylation sites is 1. The molecular formula is C15H23N4O2+. The van der Waals surface area contributed by atoms with Crippen LogP contribution in [0.5, 0.6) is 0 Å². The van der Waals surface area contributed by atoms with E-state index in [1.165, 1.54) is 23.2 Å². The summed E-state index contributed by atoms with van der Waals surface area (Å²) in [5.74, 6) is -0.228. The lowest BCUT2D eigenvalue weighted by atomic mass is 10.1. The molecule has 0 spiro atoms. The zero-order chi connectivity index (χ0) is 15.2. The first-order valence-corrected chi connectivity index (χ1v) is 7.26. The zero-order valence-corrected chi connectivity index (χ0v) is 12.6. The molecule has 6 nitrogen and oxygen atoms in total. The number of rotatable bonds is 3. The van der Waals surface area contributed by atoms with Gasteiger partial charge in [0.1, 0.15) is 0 Å². The summed E-state index contributed by atoms with van der Waals surface area (Å²) < 4.78 is 0. The lowest BCUT2D eigenvalue weighted by molar-refractivity contribution is -0.892. The summed E-state index contributed by atoms with van der Waals surface area (Å²) in [5.41, 5.74) is 2.55. The van der Waals surface area contributed by atoms with E-state index in [1.807, 2.05) is 6.07 Å². The second-order valence-corrected chi connectivity index (χ2v) is 5.33. The molecule has 0 aliphatic carbocycles. The molecule has 3 amide bonds. The zero-order valence-electron chi connectivity index (χ0n) is 12.6. The quantitative estimate of drug-likeness (QED) is 0.680. The molecule has 21 heavy (non-hydrogen) atoms. The summed E-state index contributed by atoms with van der Waals surface area (Å²) in [6, 6.07) is 7.91. The molecule has 2 rings (SSSR count). The van der Waals surface area contributed by atoms with E-state index in [-0.39, 0.29) is 5.91 Å². The highest BCUT2D eigenvalue weighted by Gasteiger charge is 2.23. The molecule has 6 heteroatoms. The van der Waals surface area contributed by atoms with Gasteiger partial charge in [0, 0.05) is 12.7 Å². The molecule has 0 bridgehead atoms. The highest BCUT2D eigenvalue weighted by molar-refractivity contribution is 5.94. The maximum absolute atomic E-state index is 11.7. The van der Waals surface area contributed by atoms with Crippen LogP contribution in [0.15, 0.2) is 24.3 Å². The van der Waals surface area contributed by atoms with Crippen molar-refractivity contribution in [1.29, 1.82) is 0 Å². The van der Waals surface area contributed by atoms with Crippen molar-refractivity contribution in [2.24, 2.45) is 0 Å². The summed E-state index contributed by atoms with van der Waals surface area (Å²) in [4.78, 5) is 26.3. The number of anilines is 1. The number of piperazine rings is 1. The highest BCUT2D eigenvalue weighted by atomic mass is 16.2. The van der Waals surface area contributed by atoms with Crippen LogP contribution in [0.3, 0.4) is 0 Å². The van der Waals surface area contributed by atoms with E-state index in [0.717, 1.165) is 26.2 Å². The van der Waals surface area contributed by atoms with Crippen molar-refractivity contribution < 1.29 is 14.5 Å². The Morgan fingerprint density at radius 2 is 1.90 bits per heavy atom. The third-order valence-corrected chi connectivity index (χ3v) is 3.82. The number of nitrogens with one attached hydrogen (secondary N) is 3. The summed E-state index contributed by atoms with van der Waals surface area (Å²) in [6.45, 7) is 6.10. The van der Waals surface area contributed by atoms with Crippen LogP contribution in [0.1, 0.15) is 5.56 Å². The molecule has 0 radical (unpaired) electrons. The number of hydrogen-bond donors (Lipinski definition) is 3. The Morgan fingerprint density at radius 3 is 2.52 bits per heavy atom. The standard InChI is InChI=1S/C15H22N4O2/c1-12-5-3-4-6-13(12)19-9-7-18(8-10-19)11-14(20)17-15(21)16-2/h3-6H,7-11H2,1-2H3,(H2,16,17,20,21)/p+1. The SMILES string of the molecule is CNC(=O)NC(=O)C[NH+]1CCN(c2ccccc2C)CC1. The molecule has 1 aromatic rings. The van der Waals surface area contributed by atoms with Crippen LogP contribution in [-0.4, -0.2) is 51.7 Å². The van der Waals surface area contributed by atoms with Gasteiger partial charge in [-0.25, -0.2) is 4.79 Å². The molecule has 0 unspecified atom stereocenters. The third kappa shape index (κ3) is 4.19. The van der Waals surface area contributed by atoms with E-state index in [4.69, 9.17) is 0 Å². The molecule has 1 heterocycles. The van der Waals surface area contributed by atoms with Crippen molar-refractivity contribution in [1.82, 2.24) is 10.6 Å². The Kier molecular flexibility index (Phi) is 5.16. The number of amides is 3. The van der Waals surface area contributed by atoms with Crippen LogP contribution in [0, 0.1) is 6.92 Å². The number of benzene rings is 1. The molecule has 0 aromatic heterocycles. The number of hydrogen-bond acceptors (Lipinski definition) is 3. The van der Waals surface area contributed by atoms with Gasteiger partial charge in [0.2, 0.25) is 0 Å². The molecule has 1 saturated heterocycles. The Hall–Kier alpha value is -2.08. The van der Waals surface area contributed by atoms with Crippen molar-refractivity contribution in [3.8, 4) is 0 Å². The average Bonchev–Trinajstić information content (AvgIpc) is 2.48. The lowest BCUT2D eigenvalue weighted by Crippen LogP contribution is -3.16. The predicted octanol–water partition coefficient (Wildman–Crippen LogP) is -0.844. The number of nitrogens with zero attached hydrogens (tertiary/aromatic N) is 1. The first-order chi connectivity index (χ1) is 10.1. The minimum Gasteiger partial charge on any atom is -0.360 e. The number of quaternary nitrogens is 1. The van der Waals surface area contributed by atoms with Crippen LogP contribution >= 0.6 is 0 Å². The Labute approximate surface area is 125 Å². The summed E-state index contributed by atoms with van der Waals surface area (Å²) >= 11 is 0. The maximum Gasteiger partial charge on any atom is 0.321 e. The largest absolute Gasteiger partial charge is 0.360 e. The summed E-state index contributed by atoms with van der Waals surface area (Å²) in [6.07, 6.45) is 0. The molecular weight excluding hydrogens is 268 g/mol. The molecule has 0 saturated carbocycles. The Bertz CT molecular complexity index is 510. The smallest absolute Gasteiger partial charge is 0.321 e. The van der Waals surface area contributed by atoms with Gasteiger partial charge in [-0.05, 0) is 18.6 Å². The van der Waals surface area contributed by atoms with Gasteiger partial charge in [-0.1, -0.05) is 18.2 Å². The van der Waals surface area contributed by atoms with Gasteiger partial charge in [-0.2, -0.15) is 0 Å². The van der Waals surface area contributed by atoms with Crippen molar-refractivity contribution >= 4 is 17.6 Å². The van der Waals surface area contributed by atoms with E-state index < -0.39 is 6.03 Å². The number of aryl methyl sites for hydroxylation is 1. The highest BCUT2D eigenvalue weighted by Crippen LogP contribution is 2.18. The minimum atomic E-state index is -0.446. The molecule has 1 aliphatic rings. The number of carbonyl (C=O) groups excluding carboxylic acids is 2. The molecule has 3 N–H and O–H groups in total.